The molecule has 0 radical (unpaired) electrons. The number of hydrogen-bond acceptors (Lipinski definition) is 8. The molecule has 7 nitrogen and oxygen atoms in total. The molecule has 1 aromatic carbocycles. The van der Waals surface area contributed by atoms with Crippen molar-refractivity contribution in [1.82, 2.24) is 30.2 Å². The molecular formula is C21H18N6OS3. The van der Waals surface area contributed by atoms with E-state index < -0.39 is 0 Å². The summed E-state index contributed by atoms with van der Waals surface area (Å²) in [5.41, 5.74) is 4.05. The lowest BCUT2D eigenvalue weighted by Gasteiger charge is -2.08. The van der Waals surface area contributed by atoms with Gasteiger partial charge in [0.25, 0.3) is 5.56 Å². The number of thioether (sulfide) groups is 1. The van der Waals surface area contributed by atoms with E-state index in [9.17, 15) is 4.79 Å². The van der Waals surface area contributed by atoms with Crippen molar-refractivity contribution in [3.05, 3.63) is 67.9 Å². The minimum Gasteiger partial charge on any atom is -0.309 e. The zero-order valence-corrected chi connectivity index (χ0v) is 19.5. The van der Waals surface area contributed by atoms with Crippen LogP contribution in [0.1, 0.15) is 21.8 Å². The Labute approximate surface area is 190 Å². The van der Waals surface area contributed by atoms with Gasteiger partial charge in [-0.3, -0.25) is 4.79 Å². The molecule has 0 aliphatic rings. The van der Waals surface area contributed by atoms with Crippen molar-refractivity contribution >= 4 is 44.7 Å². The van der Waals surface area contributed by atoms with E-state index in [-0.39, 0.29) is 5.56 Å². The summed E-state index contributed by atoms with van der Waals surface area (Å²) in [4.78, 5) is 23.5. The normalized spacial score (nSPS) is 11.5. The molecule has 1 N–H and O–H groups in total. The molecule has 0 aliphatic carbocycles. The molecule has 4 aromatic heterocycles. The summed E-state index contributed by atoms with van der Waals surface area (Å²) in [5, 5.41) is 15.4. The molecular weight excluding hydrogens is 448 g/mol. The van der Waals surface area contributed by atoms with E-state index in [0.29, 0.717) is 22.1 Å². The number of rotatable bonds is 5. The Kier molecular flexibility index (Phi) is 5.20. The third-order valence-corrected chi connectivity index (χ3v) is 7.69. The second-order valence-corrected chi connectivity index (χ2v) is 10.3. The Morgan fingerprint density at radius 1 is 1.16 bits per heavy atom. The highest BCUT2D eigenvalue weighted by atomic mass is 32.2. The van der Waals surface area contributed by atoms with Crippen molar-refractivity contribution in [2.24, 2.45) is 0 Å². The van der Waals surface area contributed by atoms with Gasteiger partial charge in [0, 0.05) is 20.7 Å². The van der Waals surface area contributed by atoms with Crippen molar-refractivity contribution in [2.45, 2.75) is 31.7 Å². The van der Waals surface area contributed by atoms with E-state index in [0.717, 1.165) is 26.5 Å². The van der Waals surface area contributed by atoms with Crippen LogP contribution >= 0.6 is 34.4 Å². The number of H-pyrrole nitrogens is 1. The summed E-state index contributed by atoms with van der Waals surface area (Å²) >= 11 is 4.61. The highest BCUT2D eigenvalue weighted by Gasteiger charge is 2.16. The van der Waals surface area contributed by atoms with Gasteiger partial charge in [-0.1, -0.05) is 29.5 Å². The van der Waals surface area contributed by atoms with Crippen molar-refractivity contribution in [1.29, 1.82) is 0 Å². The third-order valence-electron chi connectivity index (χ3n) is 4.86. The fourth-order valence-corrected chi connectivity index (χ4v) is 6.09. The largest absolute Gasteiger partial charge is 0.309 e. The Balaban J connectivity index is 1.43. The molecule has 0 amide bonds. The number of benzene rings is 1. The number of nitrogens with zero attached hydrogens (tertiary/aromatic N) is 5. The van der Waals surface area contributed by atoms with Gasteiger partial charge in [-0.2, -0.15) is 4.68 Å². The Morgan fingerprint density at radius 2 is 2.03 bits per heavy atom. The molecule has 5 aromatic rings. The quantitative estimate of drug-likeness (QED) is 0.370. The Bertz CT molecular complexity index is 1460. The standard InChI is InChI=1S/C21H18N6OS3/c1-11-4-6-15(12(2)8-11)27-21(24-25-26-27)30-10-17-22-19(28)18-14(9-29-20(18)23-17)16-7-5-13(3)31-16/h4-9H,10H2,1-3H3,(H,22,23,28). The molecule has 0 saturated heterocycles. The van der Waals surface area contributed by atoms with Gasteiger partial charge in [0.2, 0.25) is 5.16 Å². The van der Waals surface area contributed by atoms with Crippen LogP contribution in [0, 0.1) is 20.8 Å². The lowest BCUT2D eigenvalue weighted by atomic mass is 10.1. The summed E-state index contributed by atoms with van der Waals surface area (Å²) in [7, 11) is 0. The number of tetrazole rings is 1. The van der Waals surface area contributed by atoms with Crippen molar-refractivity contribution < 1.29 is 0 Å². The van der Waals surface area contributed by atoms with E-state index in [1.165, 1.54) is 33.5 Å². The summed E-state index contributed by atoms with van der Waals surface area (Å²) in [6.07, 6.45) is 0. The number of nitrogens with one attached hydrogen (secondary N) is 1. The Hall–Kier alpha value is -2.82. The van der Waals surface area contributed by atoms with E-state index in [1.807, 2.05) is 24.4 Å². The maximum atomic E-state index is 12.8. The molecule has 0 unspecified atom stereocenters. The van der Waals surface area contributed by atoms with Crippen molar-refractivity contribution in [3.8, 4) is 16.1 Å². The van der Waals surface area contributed by atoms with Gasteiger partial charge in [-0.05, 0) is 55.0 Å². The van der Waals surface area contributed by atoms with E-state index in [2.05, 4.69) is 57.5 Å². The molecule has 4 heterocycles. The highest BCUT2D eigenvalue weighted by molar-refractivity contribution is 7.98. The maximum Gasteiger partial charge on any atom is 0.260 e. The predicted molar refractivity (Wildman–Crippen MR) is 126 cm³/mol. The van der Waals surface area contributed by atoms with Gasteiger partial charge in [0.05, 0.1) is 16.8 Å². The second-order valence-electron chi connectivity index (χ2n) is 7.20. The van der Waals surface area contributed by atoms with E-state index in [4.69, 9.17) is 0 Å². The average Bonchev–Trinajstić information content (AvgIpc) is 3.46. The first kappa shape index (κ1) is 20.1. The SMILES string of the molecule is Cc1ccc(-n2nnnc2SCc2nc3scc(-c4ccc(C)s4)c3c(=O)[nH]2)c(C)c1. The Morgan fingerprint density at radius 3 is 2.81 bits per heavy atom. The topological polar surface area (TPSA) is 89.3 Å². The minimum atomic E-state index is -0.114. The van der Waals surface area contributed by atoms with Crippen molar-refractivity contribution in [3.63, 3.8) is 0 Å². The molecule has 0 spiro atoms. The molecule has 0 fully saturated rings. The number of aryl methyl sites for hydroxylation is 3. The summed E-state index contributed by atoms with van der Waals surface area (Å²) in [5.74, 6) is 1.07. The predicted octanol–water partition coefficient (Wildman–Crippen LogP) is 4.91. The zero-order chi connectivity index (χ0) is 21.5. The number of fused-ring (bicyclic) bond motifs is 1. The van der Waals surface area contributed by atoms with Crippen LogP contribution < -0.4 is 5.56 Å². The number of aromatic nitrogens is 6. The van der Waals surface area contributed by atoms with Gasteiger partial charge in [-0.25, -0.2) is 4.98 Å². The first-order valence-electron chi connectivity index (χ1n) is 9.55. The van der Waals surface area contributed by atoms with Crippen molar-refractivity contribution in [2.75, 3.05) is 0 Å². The summed E-state index contributed by atoms with van der Waals surface area (Å²) in [6.45, 7) is 6.15. The first-order valence-corrected chi connectivity index (χ1v) is 12.2. The molecule has 10 heteroatoms. The van der Waals surface area contributed by atoms with Crippen LogP contribution in [0.3, 0.4) is 0 Å². The van der Waals surface area contributed by atoms with Crippen LogP contribution in [-0.4, -0.2) is 30.2 Å². The molecule has 31 heavy (non-hydrogen) atoms. The van der Waals surface area contributed by atoms with Crippen LogP contribution in [0.5, 0.6) is 0 Å². The van der Waals surface area contributed by atoms with Crippen LogP contribution in [0.15, 0.2) is 45.7 Å². The number of hydrogen-bond donors (Lipinski definition) is 1. The fourth-order valence-electron chi connectivity index (χ4n) is 3.42. The fraction of sp³-hybridized carbons (Fsp3) is 0.190. The summed E-state index contributed by atoms with van der Waals surface area (Å²) < 4.78 is 1.72. The zero-order valence-electron chi connectivity index (χ0n) is 17.0. The van der Waals surface area contributed by atoms with Gasteiger partial charge >= 0.3 is 0 Å². The summed E-state index contributed by atoms with van der Waals surface area (Å²) in [6, 6.07) is 10.3. The molecule has 156 valence electrons. The molecule has 5 rings (SSSR count). The maximum absolute atomic E-state index is 12.8. The number of thiophene rings is 2. The van der Waals surface area contributed by atoms with Crippen LogP contribution in [-0.2, 0) is 5.75 Å². The van der Waals surface area contributed by atoms with E-state index in [1.54, 1.807) is 16.0 Å². The number of aromatic amines is 1. The molecule has 0 bridgehead atoms. The van der Waals surface area contributed by atoms with Crippen LogP contribution in [0.4, 0.5) is 0 Å². The smallest absolute Gasteiger partial charge is 0.260 e. The second kappa shape index (κ2) is 8.03. The molecule has 0 saturated carbocycles. The van der Waals surface area contributed by atoms with E-state index >= 15 is 0 Å². The monoisotopic (exact) mass is 466 g/mol. The third kappa shape index (κ3) is 3.82. The van der Waals surface area contributed by atoms with Gasteiger partial charge in [0.15, 0.2) is 0 Å². The van der Waals surface area contributed by atoms with Crippen LogP contribution in [0.2, 0.25) is 0 Å². The highest BCUT2D eigenvalue weighted by Crippen LogP contribution is 2.35. The molecule has 0 atom stereocenters. The lowest BCUT2D eigenvalue weighted by Crippen LogP contribution is -2.11. The minimum absolute atomic E-state index is 0.114. The first-order chi connectivity index (χ1) is 15.0. The van der Waals surface area contributed by atoms with Crippen LogP contribution in [0.25, 0.3) is 26.3 Å². The van der Waals surface area contributed by atoms with Gasteiger partial charge in [0.1, 0.15) is 10.7 Å². The lowest BCUT2D eigenvalue weighted by molar-refractivity contribution is 0.751. The van der Waals surface area contributed by atoms with Gasteiger partial charge < -0.3 is 4.98 Å². The molecule has 0 aliphatic heterocycles. The van der Waals surface area contributed by atoms with Gasteiger partial charge in [-0.15, -0.1) is 27.8 Å². The average molecular weight is 467 g/mol.